The number of nitrogens with zero attached hydrogens (tertiary/aromatic N) is 2. The molecule has 1 N–H and O–H groups in total. The Morgan fingerprint density at radius 1 is 1.29 bits per heavy atom. The molecule has 0 aromatic heterocycles. The van der Waals surface area contributed by atoms with E-state index in [1.165, 1.54) is 0 Å². The molecule has 80 valence electrons. The van der Waals surface area contributed by atoms with Crippen molar-refractivity contribution in [1.82, 2.24) is 10.0 Å². The highest BCUT2D eigenvalue weighted by Crippen LogP contribution is 2.20. The van der Waals surface area contributed by atoms with Crippen molar-refractivity contribution in [1.29, 1.82) is 0 Å². The van der Waals surface area contributed by atoms with Crippen molar-refractivity contribution in [2.75, 3.05) is 32.8 Å². The number of carboxylic acid groups (broad SMARTS) is 1. The normalized spacial score (nSPS) is 30.7. The van der Waals surface area contributed by atoms with E-state index >= 15 is 0 Å². The summed E-state index contributed by atoms with van der Waals surface area (Å²) >= 11 is 0. The number of hydrogen-bond acceptors (Lipinski definition) is 4. The van der Waals surface area contributed by atoms with Gasteiger partial charge in [0.1, 0.15) is 6.04 Å². The Hall–Kier alpha value is -0.650. The molecular formula is C9H16N2O3. The molecule has 14 heavy (non-hydrogen) atoms. The molecule has 1 atom stereocenters. The fourth-order valence-electron chi connectivity index (χ4n) is 2.15. The molecule has 0 radical (unpaired) electrons. The largest absolute Gasteiger partial charge is 0.480 e. The first kappa shape index (κ1) is 9.89. The molecule has 0 unspecified atom stereocenters. The van der Waals surface area contributed by atoms with E-state index in [0.717, 1.165) is 32.5 Å². The molecule has 2 rings (SSSR count). The van der Waals surface area contributed by atoms with Crippen LogP contribution in [0, 0.1) is 0 Å². The minimum Gasteiger partial charge on any atom is -0.480 e. The standard InChI is InChI=1S/C9H16N2O3/c12-9(13)8-2-1-3-11(8)10-4-6-14-7-5-10/h8H,1-7H2,(H,12,13)/t8-/m0/s1. The van der Waals surface area contributed by atoms with Gasteiger partial charge in [-0.1, -0.05) is 0 Å². The van der Waals surface area contributed by atoms with Gasteiger partial charge in [0.25, 0.3) is 0 Å². The van der Waals surface area contributed by atoms with Crippen LogP contribution in [0.4, 0.5) is 0 Å². The van der Waals surface area contributed by atoms with Crippen LogP contribution in [0.25, 0.3) is 0 Å². The van der Waals surface area contributed by atoms with Crippen molar-refractivity contribution >= 4 is 5.97 Å². The topological polar surface area (TPSA) is 53.0 Å². The SMILES string of the molecule is O=C(O)[C@@H]1CCCN1N1CCOCC1. The van der Waals surface area contributed by atoms with Gasteiger partial charge in [-0.05, 0) is 12.8 Å². The van der Waals surface area contributed by atoms with Gasteiger partial charge in [-0.3, -0.25) is 4.79 Å². The highest BCUT2D eigenvalue weighted by Gasteiger charge is 2.34. The van der Waals surface area contributed by atoms with Crippen molar-refractivity contribution in [2.24, 2.45) is 0 Å². The summed E-state index contributed by atoms with van der Waals surface area (Å²) in [6.45, 7) is 3.94. The second-order valence-electron chi connectivity index (χ2n) is 3.73. The van der Waals surface area contributed by atoms with Crippen LogP contribution in [-0.4, -0.2) is 60.0 Å². The van der Waals surface area contributed by atoms with Crippen molar-refractivity contribution in [3.63, 3.8) is 0 Å². The van der Waals surface area contributed by atoms with Gasteiger partial charge in [0.2, 0.25) is 0 Å². The lowest BCUT2D eigenvalue weighted by Gasteiger charge is -2.36. The minimum absolute atomic E-state index is 0.312. The highest BCUT2D eigenvalue weighted by molar-refractivity contribution is 5.73. The van der Waals surface area contributed by atoms with E-state index in [1.54, 1.807) is 0 Å². The number of morpholine rings is 1. The van der Waals surface area contributed by atoms with Gasteiger partial charge in [0.05, 0.1) is 13.2 Å². The summed E-state index contributed by atoms with van der Waals surface area (Å²) in [4.78, 5) is 11.0. The van der Waals surface area contributed by atoms with Crippen LogP contribution in [0.2, 0.25) is 0 Å². The van der Waals surface area contributed by atoms with E-state index < -0.39 is 5.97 Å². The molecule has 0 saturated carbocycles. The molecule has 2 heterocycles. The van der Waals surface area contributed by atoms with Gasteiger partial charge >= 0.3 is 5.97 Å². The molecule has 0 spiro atoms. The van der Waals surface area contributed by atoms with E-state index in [-0.39, 0.29) is 6.04 Å². The molecular weight excluding hydrogens is 184 g/mol. The van der Waals surface area contributed by atoms with E-state index in [9.17, 15) is 4.79 Å². The first-order valence-electron chi connectivity index (χ1n) is 5.11. The van der Waals surface area contributed by atoms with E-state index in [2.05, 4.69) is 5.01 Å². The third-order valence-corrected chi connectivity index (χ3v) is 2.86. The molecule has 0 amide bonds. The summed E-state index contributed by atoms with van der Waals surface area (Å²) in [5.41, 5.74) is 0. The summed E-state index contributed by atoms with van der Waals surface area (Å²) in [6, 6.07) is -0.312. The Balaban J connectivity index is 1.97. The summed E-state index contributed by atoms with van der Waals surface area (Å²) in [5.74, 6) is -0.700. The summed E-state index contributed by atoms with van der Waals surface area (Å²) < 4.78 is 5.24. The van der Waals surface area contributed by atoms with Crippen molar-refractivity contribution < 1.29 is 14.6 Å². The predicted octanol–water partition coefficient (Wildman–Crippen LogP) is -0.217. The molecule has 0 bridgehead atoms. The summed E-state index contributed by atoms with van der Waals surface area (Å²) in [6.07, 6.45) is 1.75. The van der Waals surface area contributed by atoms with Gasteiger partial charge in [-0.2, -0.15) is 0 Å². The minimum atomic E-state index is -0.700. The third kappa shape index (κ3) is 1.89. The third-order valence-electron chi connectivity index (χ3n) is 2.86. The lowest BCUT2D eigenvalue weighted by atomic mass is 10.2. The second-order valence-corrected chi connectivity index (χ2v) is 3.73. The van der Waals surface area contributed by atoms with Crippen LogP contribution < -0.4 is 0 Å². The summed E-state index contributed by atoms with van der Waals surface area (Å²) in [5, 5.41) is 13.1. The van der Waals surface area contributed by atoms with Crippen LogP contribution in [0.5, 0.6) is 0 Å². The van der Waals surface area contributed by atoms with Crippen LogP contribution in [0.3, 0.4) is 0 Å². The average molecular weight is 200 g/mol. The Bertz CT molecular complexity index is 216. The Morgan fingerprint density at radius 2 is 2.00 bits per heavy atom. The number of ether oxygens (including phenoxy) is 1. The van der Waals surface area contributed by atoms with Crippen molar-refractivity contribution in [3.8, 4) is 0 Å². The van der Waals surface area contributed by atoms with Gasteiger partial charge in [-0.25, -0.2) is 10.0 Å². The molecule has 5 nitrogen and oxygen atoms in total. The molecule has 2 aliphatic rings. The van der Waals surface area contributed by atoms with E-state index in [0.29, 0.717) is 13.2 Å². The number of carboxylic acids is 1. The Labute approximate surface area is 83.2 Å². The van der Waals surface area contributed by atoms with Crippen LogP contribution in [0.15, 0.2) is 0 Å². The van der Waals surface area contributed by atoms with Gasteiger partial charge in [0, 0.05) is 19.6 Å². The zero-order chi connectivity index (χ0) is 9.97. The maximum atomic E-state index is 11.0. The number of carbonyl (C=O) groups is 1. The zero-order valence-electron chi connectivity index (χ0n) is 8.19. The highest BCUT2D eigenvalue weighted by atomic mass is 16.5. The second kappa shape index (κ2) is 4.25. The van der Waals surface area contributed by atoms with Gasteiger partial charge in [-0.15, -0.1) is 0 Å². The molecule has 2 aliphatic heterocycles. The number of hydrazine groups is 1. The summed E-state index contributed by atoms with van der Waals surface area (Å²) in [7, 11) is 0. The molecule has 0 aromatic carbocycles. The lowest BCUT2D eigenvalue weighted by molar-refractivity contribution is -0.155. The van der Waals surface area contributed by atoms with Gasteiger partial charge in [0.15, 0.2) is 0 Å². The Kier molecular flexibility index (Phi) is 3.00. The number of aliphatic carboxylic acids is 1. The monoisotopic (exact) mass is 200 g/mol. The molecule has 5 heteroatoms. The Morgan fingerprint density at radius 3 is 2.64 bits per heavy atom. The first-order chi connectivity index (χ1) is 6.79. The van der Waals surface area contributed by atoms with Crippen LogP contribution in [0.1, 0.15) is 12.8 Å². The van der Waals surface area contributed by atoms with Crippen molar-refractivity contribution in [3.05, 3.63) is 0 Å². The van der Waals surface area contributed by atoms with Crippen molar-refractivity contribution in [2.45, 2.75) is 18.9 Å². The van der Waals surface area contributed by atoms with Crippen LogP contribution in [-0.2, 0) is 9.53 Å². The maximum absolute atomic E-state index is 11.0. The fraction of sp³-hybridized carbons (Fsp3) is 0.889. The predicted molar refractivity (Wildman–Crippen MR) is 49.8 cm³/mol. The zero-order valence-corrected chi connectivity index (χ0v) is 8.19. The van der Waals surface area contributed by atoms with Crippen LogP contribution >= 0.6 is 0 Å². The van der Waals surface area contributed by atoms with E-state index in [4.69, 9.17) is 9.84 Å². The quantitative estimate of drug-likeness (QED) is 0.668. The molecule has 0 aliphatic carbocycles. The molecule has 2 fully saturated rings. The number of hydrogen-bond donors (Lipinski definition) is 1. The maximum Gasteiger partial charge on any atom is 0.322 e. The van der Waals surface area contributed by atoms with Gasteiger partial charge < -0.3 is 9.84 Å². The first-order valence-corrected chi connectivity index (χ1v) is 5.11. The number of rotatable bonds is 2. The van der Waals surface area contributed by atoms with E-state index in [1.807, 2.05) is 5.01 Å². The fourth-order valence-corrected chi connectivity index (χ4v) is 2.15. The lowest BCUT2D eigenvalue weighted by Crippen LogP contribution is -2.52. The molecule has 0 aromatic rings. The molecule has 2 saturated heterocycles. The smallest absolute Gasteiger partial charge is 0.322 e. The average Bonchev–Trinajstić information content (AvgIpc) is 2.67.